The topological polar surface area (TPSA) is 41.1 Å². The number of anilines is 1. The standard InChI is InChI=1S/C10H15BrN4/c1-8-12-9(11)7-10(13-8)14-15-5-3-2-4-6-15/h7H,2-6H2,1H3,(H,12,13,14). The molecule has 15 heavy (non-hydrogen) atoms. The number of nitrogens with zero attached hydrogens (tertiary/aromatic N) is 3. The van der Waals surface area contributed by atoms with Crippen molar-refractivity contribution in [1.29, 1.82) is 0 Å². The third-order valence-corrected chi connectivity index (χ3v) is 2.84. The van der Waals surface area contributed by atoms with Gasteiger partial charge in [0, 0.05) is 19.2 Å². The normalized spacial score (nSPS) is 17.7. The van der Waals surface area contributed by atoms with Crippen molar-refractivity contribution < 1.29 is 0 Å². The van der Waals surface area contributed by atoms with Crippen LogP contribution in [-0.4, -0.2) is 28.1 Å². The first-order valence-corrected chi connectivity index (χ1v) is 6.06. The van der Waals surface area contributed by atoms with Crippen LogP contribution in [0.15, 0.2) is 10.7 Å². The predicted molar refractivity (Wildman–Crippen MR) is 63.5 cm³/mol. The number of hydrogen-bond acceptors (Lipinski definition) is 4. The first-order chi connectivity index (χ1) is 7.24. The minimum absolute atomic E-state index is 0.781. The molecule has 2 rings (SSSR count). The second kappa shape index (κ2) is 4.90. The lowest BCUT2D eigenvalue weighted by Gasteiger charge is -2.27. The van der Waals surface area contributed by atoms with Gasteiger partial charge in [0.05, 0.1) is 0 Å². The van der Waals surface area contributed by atoms with Crippen LogP contribution in [0, 0.1) is 6.92 Å². The SMILES string of the molecule is Cc1nc(Br)cc(NN2CCCCC2)n1. The molecule has 0 amide bonds. The summed E-state index contributed by atoms with van der Waals surface area (Å²) in [5.41, 5.74) is 3.31. The Morgan fingerprint density at radius 2 is 2.00 bits per heavy atom. The van der Waals surface area contributed by atoms with Gasteiger partial charge < -0.3 is 5.43 Å². The fourth-order valence-electron chi connectivity index (χ4n) is 1.76. The van der Waals surface area contributed by atoms with Crippen LogP contribution in [0.3, 0.4) is 0 Å². The third kappa shape index (κ3) is 3.14. The van der Waals surface area contributed by atoms with E-state index in [1.165, 1.54) is 19.3 Å². The molecule has 0 atom stereocenters. The average molecular weight is 271 g/mol. The first kappa shape index (κ1) is 10.8. The maximum Gasteiger partial charge on any atom is 0.145 e. The summed E-state index contributed by atoms with van der Waals surface area (Å²) in [6.07, 6.45) is 3.86. The van der Waals surface area contributed by atoms with E-state index >= 15 is 0 Å². The molecule has 4 nitrogen and oxygen atoms in total. The number of halogens is 1. The molecule has 0 unspecified atom stereocenters. The maximum atomic E-state index is 4.33. The Labute approximate surface area is 98.2 Å². The van der Waals surface area contributed by atoms with E-state index in [1.54, 1.807) is 0 Å². The van der Waals surface area contributed by atoms with Crippen molar-refractivity contribution in [2.45, 2.75) is 26.2 Å². The van der Waals surface area contributed by atoms with E-state index in [0.29, 0.717) is 0 Å². The molecular weight excluding hydrogens is 256 g/mol. The van der Waals surface area contributed by atoms with E-state index < -0.39 is 0 Å². The fraction of sp³-hybridized carbons (Fsp3) is 0.600. The van der Waals surface area contributed by atoms with E-state index in [4.69, 9.17) is 0 Å². The molecule has 1 saturated heterocycles. The monoisotopic (exact) mass is 270 g/mol. The van der Waals surface area contributed by atoms with Crippen molar-refractivity contribution in [3.63, 3.8) is 0 Å². The van der Waals surface area contributed by atoms with Crippen LogP contribution in [0.2, 0.25) is 0 Å². The largest absolute Gasteiger partial charge is 0.303 e. The van der Waals surface area contributed by atoms with Crippen LogP contribution >= 0.6 is 15.9 Å². The molecule has 5 heteroatoms. The third-order valence-electron chi connectivity index (χ3n) is 2.44. The molecule has 0 aliphatic carbocycles. The summed E-state index contributed by atoms with van der Waals surface area (Å²) < 4.78 is 0.828. The summed E-state index contributed by atoms with van der Waals surface area (Å²) in [7, 11) is 0. The van der Waals surface area contributed by atoms with Gasteiger partial charge >= 0.3 is 0 Å². The van der Waals surface area contributed by atoms with Gasteiger partial charge in [0.2, 0.25) is 0 Å². The van der Waals surface area contributed by atoms with Gasteiger partial charge in [-0.15, -0.1) is 0 Å². The molecule has 0 bridgehead atoms. The quantitative estimate of drug-likeness (QED) is 0.838. The molecule has 0 spiro atoms. The van der Waals surface area contributed by atoms with Crippen LogP contribution in [0.4, 0.5) is 5.82 Å². The number of hydrazine groups is 1. The van der Waals surface area contributed by atoms with Crippen molar-refractivity contribution in [2.75, 3.05) is 18.5 Å². The van der Waals surface area contributed by atoms with E-state index in [2.05, 4.69) is 36.3 Å². The number of aromatic nitrogens is 2. The summed E-state index contributed by atoms with van der Waals surface area (Å²) in [4.78, 5) is 8.51. The number of hydrogen-bond donors (Lipinski definition) is 1. The highest BCUT2D eigenvalue weighted by molar-refractivity contribution is 9.10. The minimum atomic E-state index is 0.781. The molecule has 2 heterocycles. The lowest BCUT2D eigenvalue weighted by molar-refractivity contribution is 0.272. The first-order valence-electron chi connectivity index (χ1n) is 5.27. The molecule has 1 aliphatic rings. The molecule has 1 aromatic heterocycles. The number of piperidine rings is 1. The number of nitrogens with one attached hydrogen (secondary N) is 1. The van der Waals surface area contributed by atoms with Crippen LogP contribution in [0.1, 0.15) is 25.1 Å². The van der Waals surface area contributed by atoms with Gasteiger partial charge in [0.25, 0.3) is 0 Å². The van der Waals surface area contributed by atoms with Crippen molar-refractivity contribution in [1.82, 2.24) is 15.0 Å². The molecular formula is C10H15BrN4. The van der Waals surface area contributed by atoms with Gasteiger partial charge in [0.15, 0.2) is 0 Å². The van der Waals surface area contributed by atoms with Crippen LogP contribution in [-0.2, 0) is 0 Å². The number of aryl methyl sites for hydroxylation is 1. The predicted octanol–water partition coefficient (Wildman–Crippen LogP) is 2.36. The Hall–Kier alpha value is -0.680. The van der Waals surface area contributed by atoms with Crippen molar-refractivity contribution >= 4 is 21.7 Å². The lowest BCUT2D eigenvalue weighted by atomic mass is 10.2. The van der Waals surface area contributed by atoms with Crippen LogP contribution in [0.5, 0.6) is 0 Å². The van der Waals surface area contributed by atoms with E-state index in [9.17, 15) is 0 Å². The van der Waals surface area contributed by atoms with Gasteiger partial charge in [-0.2, -0.15) is 0 Å². The molecule has 1 aromatic rings. The lowest BCUT2D eigenvalue weighted by Crippen LogP contribution is -2.35. The van der Waals surface area contributed by atoms with E-state index in [1.807, 2.05) is 13.0 Å². The second-order valence-corrected chi connectivity index (χ2v) is 4.60. The zero-order chi connectivity index (χ0) is 10.7. The summed E-state index contributed by atoms with van der Waals surface area (Å²) >= 11 is 3.37. The van der Waals surface area contributed by atoms with Crippen LogP contribution in [0.25, 0.3) is 0 Å². The zero-order valence-electron chi connectivity index (χ0n) is 8.83. The van der Waals surface area contributed by atoms with E-state index in [-0.39, 0.29) is 0 Å². The van der Waals surface area contributed by atoms with Gasteiger partial charge in [-0.3, -0.25) is 0 Å². The van der Waals surface area contributed by atoms with Crippen molar-refractivity contribution in [3.05, 3.63) is 16.5 Å². The highest BCUT2D eigenvalue weighted by Gasteiger charge is 2.10. The highest BCUT2D eigenvalue weighted by atomic mass is 79.9. The zero-order valence-corrected chi connectivity index (χ0v) is 10.4. The Balaban J connectivity index is 2.02. The smallest absolute Gasteiger partial charge is 0.145 e. The minimum Gasteiger partial charge on any atom is -0.303 e. The molecule has 0 aromatic carbocycles. The van der Waals surface area contributed by atoms with Gasteiger partial charge in [-0.05, 0) is 35.7 Å². The molecule has 0 saturated carbocycles. The summed E-state index contributed by atoms with van der Waals surface area (Å²) in [6.45, 7) is 4.09. The molecule has 82 valence electrons. The van der Waals surface area contributed by atoms with Gasteiger partial charge in [0.1, 0.15) is 16.2 Å². The Morgan fingerprint density at radius 3 is 2.67 bits per heavy atom. The maximum absolute atomic E-state index is 4.33. The molecule has 1 fully saturated rings. The van der Waals surface area contributed by atoms with E-state index in [0.717, 1.165) is 29.3 Å². The van der Waals surface area contributed by atoms with Crippen molar-refractivity contribution in [2.24, 2.45) is 0 Å². The molecule has 0 radical (unpaired) electrons. The second-order valence-electron chi connectivity index (χ2n) is 3.78. The Morgan fingerprint density at radius 1 is 1.27 bits per heavy atom. The molecule has 1 N–H and O–H groups in total. The summed E-state index contributed by atoms with van der Waals surface area (Å²) in [5, 5.41) is 2.22. The van der Waals surface area contributed by atoms with Crippen LogP contribution < -0.4 is 5.43 Å². The Kier molecular flexibility index (Phi) is 3.53. The molecule has 1 aliphatic heterocycles. The average Bonchev–Trinajstić information content (AvgIpc) is 2.17. The van der Waals surface area contributed by atoms with Crippen molar-refractivity contribution in [3.8, 4) is 0 Å². The summed E-state index contributed by atoms with van der Waals surface area (Å²) in [6, 6.07) is 1.90. The summed E-state index contributed by atoms with van der Waals surface area (Å²) in [5.74, 6) is 1.65. The number of rotatable bonds is 2. The fourth-order valence-corrected chi connectivity index (χ4v) is 2.23. The highest BCUT2D eigenvalue weighted by Crippen LogP contribution is 2.14. The Bertz CT molecular complexity index is 316. The van der Waals surface area contributed by atoms with Gasteiger partial charge in [-0.25, -0.2) is 15.0 Å². The van der Waals surface area contributed by atoms with Gasteiger partial charge in [-0.1, -0.05) is 6.42 Å².